The molecule has 0 nitrogen and oxygen atoms in total. The molecule has 0 radical (unpaired) electrons. The van der Waals surface area contributed by atoms with Crippen LogP contribution in [0.25, 0.3) is 0 Å². The van der Waals surface area contributed by atoms with Crippen LogP contribution in [0.1, 0.15) is 62.8 Å². The van der Waals surface area contributed by atoms with Crippen molar-refractivity contribution in [2.24, 2.45) is 0 Å². The summed E-state index contributed by atoms with van der Waals surface area (Å²) in [6.45, 7) is 11.0. The van der Waals surface area contributed by atoms with E-state index in [4.69, 9.17) is 0 Å². The Morgan fingerprint density at radius 3 is 1.83 bits per heavy atom. The molecule has 0 amide bonds. The summed E-state index contributed by atoms with van der Waals surface area (Å²) < 4.78 is 39.6. The molecule has 0 fully saturated rings. The first-order chi connectivity index (χ1) is 7.94. The quantitative estimate of drug-likeness (QED) is 0.629. The summed E-state index contributed by atoms with van der Waals surface area (Å²) in [6, 6.07) is 3.18. The van der Waals surface area contributed by atoms with E-state index in [9.17, 15) is 13.2 Å². The van der Waals surface area contributed by atoms with E-state index in [0.29, 0.717) is 5.56 Å². The summed E-state index contributed by atoms with van der Waals surface area (Å²) in [5.41, 5.74) is 0.872. The highest BCUT2D eigenvalue weighted by Gasteiger charge is 2.37. The number of rotatable bonds is 1. The molecule has 1 aromatic rings. The molecule has 0 saturated carbocycles. The maximum absolute atomic E-state index is 13.2. The van der Waals surface area contributed by atoms with E-state index in [0.717, 1.165) is 11.1 Å². The number of halogens is 3. The SMILES string of the molecule is Cc1cc(C(C)C)cc(C(F)(F)F)c1C(C)(C)C. The molecule has 18 heavy (non-hydrogen) atoms. The van der Waals surface area contributed by atoms with Gasteiger partial charge in [0.1, 0.15) is 0 Å². The van der Waals surface area contributed by atoms with Crippen LogP contribution in [-0.2, 0) is 11.6 Å². The minimum atomic E-state index is -4.29. The van der Waals surface area contributed by atoms with Crippen molar-refractivity contribution in [1.29, 1.82) is 0 Å². The second-order valence-corrected chi connectivity index (χ2v) is 6.16. The first-order valence-corrected chi connectivity index (χ1v) is 6.17. The van der Waals surface area contributed by atoms with Gasteiger partial charge in [0.25, 0.3) is 0 Å². The molecule has 0 bridgehead atoms. The van der Waals surface area contributed by atoms with Gasteiger partial charge in [-0.15, -0.1) is 0 Å². The van der Waals surface area contributed by atoms with Gasteiger partial charge in [0, 0.05) is 0 Å². The lowest BCUT2D eigenvalue weighted by atomic mass is 9.79. The van der Waals surface area contributed by atoms with E-state index in [1.54, 1.807) is 6.92 Å². The van der Waals surface area contributed by atoms with Crippen LogP contribution in [0.15, 0.2) is 12.1 Å². The molecule has 0 unspecified atom stereocenters. The van der Waals surface area contributed by atoms with Gasteiger partial charge in [-0.2, -0.15) is 13.2 Å². The fraction of sp³-hybridized carbons (Fsp3) is 0.600. The first kappa shape index (κ1) is 15.1. The molecule has 1 rings (SSSR count). The largest absolute Gasteiger partial charge is 0.416 e. The van der Waals surface area contributed by atoms with Crippen LogP contribution in [0, 0.1) is 6.92 Å². The van der Waals surface area contributed by atoms with Crippen molar-refractivity contribution in [2.45, 2.75) is 59.1 Å². The maximum atomic E-state index is 13.2. The highest BCUT2D eigenvalue weighted by Crippen LogP contribution is 2.40. The van der Waals surface area contributed by atoms with Crippen molar-refractivity contribution in [3.8, 4) is 0 Å². The van der Waals surface area contributed by atoms with Gasteiger partial charge in [-0.05, 0) is 41.0 Å². The van der Waals surface area contributed by atoms with Crippen LogP contribution in [0.2, 0.25) is 0 Å². The third-order valence-corrected chi connectivity index (χ3v) is 3.08. The number of alkyl halides is 3. The second-order valence-electron chi connectivity index (χ2n) is 6.16. The zero-order valence-corrected chi connectivity index (χ0v) is 11.9. The van der Waals surface area contributed by atoms with Crippen LogP contribution < -0.4 is 0 Å². The predicted octanol–water partition coefficient (Wildman–Crippen LogP) is 5.43. The molecule has 0 aromatic heterocycles. The Hall–Kier alpha value is -0.990. The molecule has 0 heterocycles. The van der Waals surface area contributed by atoms with Crippen LogP contribution in [0.3, 0.4) is 0 Å². The Kier molecular flexibility index (Phi) is 3.85. The summed E-state index contributed by atoms with van der Waals surface area (Å²) in [7, 11) is 0. The lowest BCUT2D eigenvalue weighted by Crippen LogP contribution is -2.21. The molecule has 3 heteroatoms. The lowest BCUT2D eigenvalue weighted by molar-refractivity contribution is -0.138. The fourth-order valence-electron chi connectivity index (χ4n) is 2.37. The molecule has 0 atom stereocenters. The van der Waals surface area contributed by atoms with E-state index in [-0.39, 0.29) is 5.92 Å². The Morgan fingerprint density at radius 1 is 1.00 bits per heavy atom. The van der Waals surface area contributed by atoms with E-state index in [2.05, 4.69) is 0 Å². The number of hydrogen-bond acceptors (Lipinski definition) is 0. The van der Waals surface area contributed by atoms with Gasteiger partial charge in [0.2, 0.25) is 0 Å². The van der Waals surface area contributed by atoms with Gasteiger partial charge in [0.05, 0.1) is 5.56 Å². The smallest absolute Gasteiger partial charge is 0.166 e. The van der Waals surface area contributed by atoms with Gasteiger partial charge < -0.3 is 0 Å². The Balaban J connectivity index is 3.62. The van der Waals surface area contributed by atoms with E-state index in [1.807, 2.05) is 40.7 Å². The van der Waals surface area contributed by atoms with Crippen LogP contribution in [-0.4, -0.2) is 0 Å². The Labute approximate surface area is 107 Å². The van der Waals surface area contributed by atoms with Gasteiger partial charge in [-0.3, -0.25) is 0 Å². The Bertz CT molecular complexity index is 434. The zero-order valence-electron chi connectivity index (χ0n) is 11.9. The van der Waals surface area contributed by atoms with Gasteiger partial charge in [0.15, 0.2) is 0 Å². The molecular weight excluding hydrogens is 237 g/mol. The second kappa shape index (κ2) is 4.60. The number of aryl methyl sites for hydroxylation is 1. The predicted molar refractivity (Wildman–Crippen MR) is 69.0 cm³/mol. The number of benzene rings is 1. The van der Waals surface area contributed by atoms with E-state index in [1.165, 1.54) is 6.07 Å². The molecule has 0 aliphatic heterocycles. The average Bonchev–Trinajstić information content (AvgIpc) is 2.12. The molecule has 102 valence electrons. The third kappa shape index (κ3) is 3.06. The van der Waals surface area contributed by atoms with Gasteiger partial charge in [-0.25, -0.2) is 0 Å². The summed E-state index contributed by atoms with van der Waals surface area (Å²) in [4.78, 5) is 0. The number of hydrogen-bond donors (Lipinski definition) is 0. The molecule has 0 spiro atoms. The van der Waals surface area contributed by atoms with Crippen molar-refractivity contribution in [3.63, 3.8) is 0 Å². The van der Waals surface area contributed by atoms with Gasteiger partial charge >= 0.3 is 6.18 Å². The highest BCUT2D eigenvalue weighted by atomic mass is 19.4. The summed E-state index contributed by atoms with van der Waals surface area (Å²) in [5, 5.41) is 0. The molecule has 0 saturated heterocycles. The van der Waals surface area contributed by atoms with Crippen molar-refractivity contribution in [3.05, 3.63) is 34.4 Å². The monoisotopic (exact) mass is 258 g/mol. The third-order valence-electron chi connectivity index (χ3n) is 3.08. The van der Waals surface area contributed by atoms with Crippen LogP contribution in [0.4, 0.5) is 13.2 Å². The van der Waals surface area contributed by atoms with Crippen LogP contribution >= 0.6 is 0 Å². The van der Waals surface area contributed by atoms with Crippen molar-refractivity contribution in [2.75, 3.05) is 0 Å². The maximum Gasteiger partial charge on any atom is 0.416 e. The molecule has 0 aliphatic rings. The topological polar surface area (TPSA) is 0 Å². The summed E-state index contributed by atoms with van der Waals surface area (Å²) in [5.74, 6) is 0.0961. The molecule has 1 aromatic carbocycles. The van der Waals surface area contributed by atoms with Crippen molar-refractivity contribution in [1.82, 2.24) is 0 Å². The van der Waals surface area contributed by atoms with Crippen molar-refractivity contribution < 1.29 is 13.2 Å². The van der Waals surface area contributed by atoms with Crippen LogP contribution in [0.5, 0.6) is 0 Å². The Morgan fingerprint density at radius 2 is 1.50 bits per heavy atom. The fourth-order valence-corrected chi connectivity index (χ4v) is 2.37. The summed E-state index contributed by atoms with van der Waals surface area (Å²) in [6.07, 6.45) is -4.29. The normalized spacial score (nSPS) is 13.2. The van der Waals surface area contributed by atoms with Gasteiger partial charge in [-0.1, -0.05) is 40.7 Å². The standard InChI is InChI=1S/C15H21F3/c1-9(2)11-7-10(3)13(14(4,5)6)12(8-11)15(16,17)18/h7-9H,1-6H3. The molecular formula is C15H21F3. The lowest BCUT2D eigenvalue weighted by Gasteiger charge is -2.27. The van der Waals surface area contributed by atoms with E-state index < -0.39 is 17.2 Å². The minimum absolute atomic E-state index is 0.0961. The zero-order chi connectivity index (χ0) is 14.3. The minimum Gasteiger partial charge on any atom is -0.166 e. The van der Waals surface area contributed by atoms with E-state index >= 15 is 0 Å². The average molecular weight is 258 g/mol. The first-order valence-electron chi connectivity index (χ1n) is 6.17. The molecule has 0 N–H and O–H groups in total. The van der Waals surface area contributed by atoms with Crippen molar-refractivity contribution >= 4 is 0 Å². The highest BCUT2D eigenvalue weighted by molar-refractivity contribution is 5.45. The molecule has 0 aliphatic carbocycles. The summed E-state index contributed by atoms with van der Waals surface area (Å²) >= 11 is 0.